The van der Waals surface area contributed by atoms with Gasteiger partial charge in [-0.05, 0) is 38.0 Å². The minimum atomic E-state index is -3.61. The summed E-state index contributed by atoms with van der Waals surface area (Å²) in [4.78, 5) is 26.3. The van der Waals surface area contributed by atoms with Gasteiger partial charge >= 0.3 is 5.97 Å². The zero-order valence-corrected chi connectivity index (χ0v) is 15.6. The molecule has 0 radical (unpaired) electrons. The van der Waals surface area contributed by atoms with Gasteiger partial charge in [-0.25, -0.2) is 12.7 Å². The number of carbonyl (C=O) groups is 2. The van der Waals surface area contributed by atoms with Gasteiger partial charge in [-0.3, -0.25) is 9.59 Å². The van der Waals surface area contributed by atoms with Crippen LogP contribution >= 0.6 is 0 Å². The number of hydrogen-bond donors (Lipinski definition) is 0. The van der Waals surface area contributed by atoms with Gasteiger partial charge in [-0.1, -0.05) is 6.07 Å². The van der Waals surface area contributed by atoms with E-state index in [9.17, 15) is 18.0 Å². The normalized spacial score (nSPS) is 18.2. The average molecular weight is 368 g/mol. The number of nitrogens with zero attached hydrogens (tertiary/aromatic N) is 2. The van der Waals surface area contributed by atoms with Crippen molar-refractivity contribution in [1.82, 2.24) is 9.21 Å². The number of likely N-dealkylation sites (tertiary alicyclic amines) is 1. The van der Waals surface area contributed by atoms with E-state index < -0.39 is 10.0 Å². The molecule has 1 atom stereocenters. The first-order valence-electron chi connectivity index (χ1n) is 8.26. The van der Waals surface area contributed by atoms with Gasteiger partial charge in [-0.2, -0.15) is 0 Å². The molecule has 2 rings (SSSR count). The molecule has 0 aromatic heterocycles. The SMILES string of the molecule is CCOC(=O)C1CCCN(C(=O)c2cccc(S(=O)(=O)N(C)C)c2)C1. The molecule has 7 nitrogen and oxygen atoms in total. The molecule has 0 bridgehead atoms. The van der Waals surface area contributed by atoms with Gasteiger partial charge in [0.15, 0.2) is 0 Å². The lowest BCUT2D eigenvalue weighted by atomic mass is 9.97. The van der Waals surface area contributed by atoms with Crippen LogP contribution in [0.25, 0.3) is 0 Å². The highest BCUT2D eigenvalue weighted by Crippen LogP contribution is 2.21. The molecule has 0 aliphatic carbocycles. The van der Waals surface area contributed by atoms with Crippen molar-refractivity contribution in [3.63, 3.8) is 0 Å². The summed E-state index contributed by atoms with van der Waals surface area (Å²) in [6.45, 7) is 2.90. The molecule has 1 aromatic carbocycles. The van der Waals surface area contributed by atoms with E-state index in [2.05, 4.69) is 0 Å². The van der Waals surface area contributed by atoms with Gasteiger partial charge in [0.1, 0.15) is 0 Å². The van der Waals surface area contributed by atoms with E-state index >= 15 is 0 Å². The maximum absolute atomic E-state index is 12.7. The van der Waals surface area contributed by atoms with Crippen molar-refractivity contribution >= 4 is 21.9 Å². The lowest BCUT2D eigenvalue weighted by Gasteiger charge is -2.31. The highest BCUT2D eigenvalue weighted by Gasteiger charge is 2.30. The molecule has 1 aromatic rings. The van der Waals surface area contributed by atoms with Gasteiger partial charge in [0.25, 0.3) is 5.91 Å². The number of esters is 1. The topological polar surface area (TPSA) is 84.0 Å². The number of rotatable bonds is 5. The third-order valence-corrected chi connectivity index (χ3v) is 6.00. The molecule has 1 aliphatic rings. The smallest absolute Gasteiger partial charge is 0.310 e. The van der Waals surface area contributed by atoms with E-state index in [0.29, 0.717) is 38.1 Å². The maximum Gasteiger partial charge on any atom is 0.310 e. The zero-order chi connectivity index (χ0) is 18.6. The van der Waals surface area contributed by atoms with Gasteiger partial charge in [-0.15, -0.1) is 0 Å². The molecule has 1 unspecified atom stereocenters. The number of piperidine rings is 1. The van der Waals surface area contributed by atoms with E-state index in [4.69, 9.17) is 4.74 Å². The number of amides is 1. The summed E-state index contributed by atoms with van der Waals surface area (Å²) in [5, 5.41) is 0. The van der Waals surface area contributed by atoms with Crippen molar-refractivity contribution in [3.8, 4) is 0 Å². The average Bonchev–Trinajstić information content (AvgIpc) is 2.61. The fraction of sp³-hybridized carbons (Fsp3) is 0.529. The van der Waals surface area contributed by atoms with Crippen molar-refractivity contribution in [3.05, 3.63) is 29.8 Å². The van der Waals surface area contributed by atoms with Gasteiger partial charge < -0.3 is 9.64 Å². The quantitative estimate of drug-likeness (QED) is 0.733. The van der Waals surface area contributed by atoms with Crippen molar-refractivity contribution in [1.29, 1.82) is 0 Å². The fourth-order valence-electron chi connectivity index (χ4n) is 2.80. The van der Waals surface area contributed by atoms with Crippen LogP contribution < -0.4 is 0 Å². The standard InChI is InChI=1S/C17H24N2O5S/c1-4-24-17(21)14-8-6-10-19(12-14)16(20)13-7-5-9-15(11-13)25(22,23)18(2)3/h5,7,9,11,14H,4,6,8,10,12H2,1-3H3. The van der Waals surface area contributed by atoms with E-state index in [0.717, 1.165) is 4.31 Å². The maximum atomic E-state index is 12.7. The fourth-order valence-corrected chi connectivity index (χ4v) is 3.75. The predicted octanol–water partition coefficient (Wildman–Crippen LogP) is 1.35. The molecular formula is C17H24N2O5S. The molecule has 1 amide bonds. The van der Waals surface area contributed by atoms with Crippen LogP contribution in [0.15, 0.2) is 29.2 Å². The van der Waals surface area contributed by atoms with Crippen LogP contribution in [-0.4, -0.2) is 63.3 Å². The largest absolute Gasteiger partial charge is 0.466 e. The summed E-state index contributed by atoms with van der Waals surface area (Å²) in [6, 6.07) is 5.98. The predicted molar refractivity (Wildman–Crippen MR) is 92.6 cm³/mol. The molecule has 1 heterocycles. The van der Waals surface area contributed by atoms with Crippen LogP contribution in [0.4, 0.5) is 0 Å². The Kier molecular flexibility index (Phi) is 6.18. The second-order valence-corrected chi connectivity index (χ2v) is 8.31. The van der Waals surface area contributed by atoms with Crippen LogP contribution in [0.5, 0.6) is 0 Å². The molecule has 1 fully saturated rings. The monoisotopic (exact) mass is 368 g/mol. The Balaban J connectivity index is 2.19. The van der Waals surface area contributed by atoms with Crippen LogP contribution in [0.3, 0.4) is 0 Å². The number of benzene rings is 1. The summed E-state index contributed by atoms with van der Waals surface area (Å²) in [5.74, 6) is -0.889. The minimum absolute atomic E-state index is 0.0716. The van der Waals surface area contributed by atoms with E-state index in [-0.39, 0.29) is 22.7 Å². The number of carbonyl (C=O) groups excluding carboxylic acids is 2. The number of hydrogen-bond acceptors (Lipinski definition) is 5. The molecule has 0 saturated carbocycles. The van der Waals surface area contributed by atoms with Gasteiger partial charge in [0.05, 0.1) is 17.4 Å². The van der Waals surface area contributed by atoms with Gasteiger partial charge in [0.2, 0.25) is 10.0 Å². The van der Waals surface area contributed by atoms with E-state index in [1.54, 1.807) is 24.0 Å². The summed E-state index contributed by atoms with van der Waals surface area (Å²) in [6.07, 6.45) is 1.41. The Morgan fingerprint density at radius 1 is 1.32 bits per heavy atom. The lowest BCUT2D eigenvalue weighted by molar-refractivity contribution is -0.149. The molecule has 1 saturated heterocycles. The lowest BCUT2D eigenvalue weighted by Crippen LogP contribution is -2.42. The second kappa shape index (κ2) is 7.97. The van der Waals surface area contributed by atoms with Crippen LogP contribution in [-0.2, 0) is 19.6 Å². The Labute approximate surface area is 148 Å². The van der Waals surface area contributed by atoms with Crippen LogP contribution in [0.2, 0.25) is 0 Å². The van der Waals surface area contributed by atoms with Crippen molar-refractivity contribution in [2.75, 3.05) is 33.8 Å². The highest BCUT2D eigenvalue weighted by molar-refractivity contribution is 7.89. The first-order valence-corrected chi connectivity index (χ1v) is 9.70. The van der Waals surface area contributed by atoms with Crippen molar-refractivity contribution in [2.24, 2.45) is 5.92 Å². The molecule has 0 N–H and O–H groups in total. The summed E-state index contributed by atoms with van der Waals surface area (Å²) in [7, 11) is -0.721. The molecule has 0 spiro atoms. The van der Waals surface area contributed by atoms with Crippen molar-refractivity contribution in [2.45, 2.75) is 24.7 Å². The van der Waals surface area contributed by atoms with Crippen LogP contribution in [0, 0.1) is 5.92 Å². The van der Waals surface area contributed by atoms with Crippen LogP contribution in [0.1, 0.15) is 30.1 Å². The van der Waals surface area contributed by atoms with E-state index in [1.807, 2.05) is 0 Å². The first-order chi connectivity index (χ1) is 11.8. The summed E-state index contributed by atoms with van der Waals surface area (Å²) in [5.41, 5.74) is 0.299. The first kappa shape index (κ1) is 19.4. The molecule has 8 heteroatoms. The summed E-state index contributed by atoms with van der Waals surface area (Å²) >= 11 is 0. The minimum Gasteiger partial charge on any atom is -0.466 e. The van der Waals surface area contributed by atoms with Crippen molar-refractivity contribution < 1.29 is 22.7 Å². The number of sulfonamides is 1. The third kappa shape index (κ3) is 4.38. The second-order valence-electron chi connectivity index (χ2n) is 6.16. The summed E-state index contributed by atoms with van der Waals surface area (Å²) < 4.78 is 30.6. The zero-order valence-electron chi connectivity index (χ0n) is 14.8. The Morgan fingerprint density at radius 3 is 2.68 bits per heavy atom. The Bertz CT molecular complexity index is 745. The number of ether oxygens (including phenoxy) is 1. The third-order valence-electron chi connectivity index (χ3n) is 4.19. The molecule has 1 aliphatic heterocycles. The Hall–Kier alpha value is -1.93. The molecular weight excluding hydrogens is 344 g/mol. The Morgan fingerprint density at radius 2 is 2.04 bits per heavy atom. The van der Waals surface area contributed by atoms with E-state index in [1.165, 1.54) is 26.2 Å². The highest BCUT2D eigenvalue weighted by atomic mass is 32.2. The van der Waals surface area contributed by atoms with Gasteiger partial charge in [0, 0.05) is 32.7 Å². The molecule has 138 valence electrons. The molecule has 25 heavy (non-hydrogen) atoms.